The summed E-state index contributed by atoms with van der Waals surface area (Å²) >= 11 is 1.59. The second-order valence-electron chi connectivity index (χ2n) is 4.76. The number of hydrogen-bond acceptors (Lipinski definition) is 3. The van der Waals surface area contributed by atoms with Crippen LogP contribution >= 0.6 is 11.3 Å². The van der Waals surface area contributed by atoms with Crippen molar-refractivity contribution in [3.05, 3.63) is 22.4 Å². The Morgan fingerprint density at radius 1 is 1.56 bits per heavy atom. The molecule has 4 nitrogen and oxygen atoms in total. The van der Waals surface area contributed by atoms with Crippen molar-refractivity contribution in [3.63, 3.8) is 0 Å². The Balaban J connectivity index is 2.02. The molecule has 2 amide bonds. The van der Waals surface area contributed by atoms with E-state index in [1.165, 1.54) is 0 Å². The normalized spacial score (nSPS) is 21.6. The van der Waals surface area contributed by atoms with Crippen LogP contribution in [0, 0.1) is 5.92 Å². The molecule has 1 aromatic heterocycles. The van der Waals surface area contributed by atoms with E-state index in [0.717, 1.165) is 24.3 Å². The number of carbonyl (C=O) groups excluding carboxylic acids is 2. The van der Waals surface area contributed by atoms with E-state index < -0.39 is 0 Å². The largest absolute Gasteiger partial charge is 0.369 e. The first-order chi connectivity index (χ1) is 8.59. The number of primary amides is 1. The third kappa shape index (κ3) is 2.72. The number of hydrogen-bond donors (Lipinski definition) is 1. The lowest BCUT2D eigenvalue weighted by atomic mass is 9.96. The molecule has 1 saturated heterocycles. The first-order valence-corrected chi connectivity index (χ1v) is 7.09. The Kier molecular flexibility index (Phi) is 4.01. The minimum atomic E-state index is -0.295. The van der Waals surface area contributed by atoms with Crippen molar-refractivity contribution in [2.24, 2.45) is 11.7 Å². The Labute approximate surface area is 111 Å². The Morgan fingerprint density at radius 2 is 2.33 bits per heavy atom. The summed E-state index contributed by atoms with van der Waals surface area (Å²) in [7, 11) is 0. The van der Waals surface area contributed by atoms with Crippen molar-refractivity contribution in [1.29, 1.82) is 0 Å². The number of thiophene rings is 1. The van der Waals surface area contributed by atoms with Crippen LogP contribution in [0.2, 0.25) is 0 Å². The third-order valence-electron chi connectivity index (χ3n) is 3.48. The van der Waals surface area contributed by atoms with Crippen LogP contribution in [0.3, 0.4) is 0 Å². The van der Waals surface area contributed by atoms with E-state index in [-0.39, 0.29) is 23.7 Å². The number of carbonyl (C=O) groups is 2. The highest BCUT2D eigenvalue weighted by atomic mass is 32.1. The van der Waals surface area contributed by atoms with Gasteiger partial charge in [0.25, 0.3) is 0 Å². The lowest BCUT2D eigenvalue weighted by Crippen LogP contribution is -2.45. The van der Waals surface area contributed by atoms with E-state index in [0.29, 0.717) is 6.54 Å². The molecule has 0 saturated carbocycles. The summed E-state index contributed by atoms with van der Waals surface area (Å²) in [5.41, 5.74) is 5.33. The van der Waals surface area contributed by atoms with Gasteiger partial charge in [-0.15, -0.1) is 11.3 Å². The minimum Gasteiger partial charge on any atom is -0.369 e. The monoisotopic (exact) mass is 266 g/mol. The molecule has 18 heavy (non-hydrogen) atoms. The fourth-order valence-corrected chi connectivity index (χ4v) is 3.12. The zero-order valence-corrected chi connectivity index (χ0v) is 11.3. The standard InChI is InChI=1S/C13H18N2O2S/c1-9(11-5-3-7-18-11)13(17)15-6-2-4-10(8-15)12(14)16/h3,5,7,9-10H,2,4,6,8H2,1H3,(H2,14,16)/t9-,10+/m1/s1. The van der Waals surface area contributed by atoms with Crippen LogP contribution in [-0.4, -0.2) is 29.8 Å². The van der Waals surface area contributed by atoms with Gasteiger partial charge in [0, 0.05) is 18.0 Å². The summed E-state index contributed by atoms with van der Waals surface area (Å²) in [6.45, 7) is 3.13. The number of nitrogens with two attached hydrogens (primary N) is 1. The van der Waals surface area contributed by atoms with E-state index in [4.69, 9.17) is 5.73 Å². The summed E-state index contributed by atoms with van der Waals surface area (Å²) in [6.07, 6.45) is 1.66. The third-order valence-corrected chi connectivity index (χ3v) is 4.53. The predicted molar refractivity (Wildman–Crippen MR) is 71.2 cm³/mol. The highest BCUT2D eigenvalue weighted by molar-refractivity contribution is 7.10. The second kappa shape index (κ2) is 5.52. The van der Waals surface area contributed by atoms with Crippen LogP contribution in [0.5, 0.6) is 0 Å². The molecule has 1 aromatic rings. The van der Waals surface area contributed by atoms with Crippen LogP contribution in [0.15, 0.2) is 17.5 Å². The molecule has 0 spiro atoms. The van der Waals surface area contributed by atoms with Crippen LogP contribution in [0.4, 0.5) is 0 Å². The molecule has 1 aliphatic rings. The molecule has 1 aliphatic heterocycles. The number of likely N-dealkylation sites (tertiary alicyclic amines) is 1. The molecular formula is C13H18N2O2S. The van der Waals surface area contributed by atoms with Gasteiger partial charge in [0.15, 0.2) is 0 Å². The number of rotatable bonds is 3. The second-order valence-corrected chi connectivity index (χ2v) is 5.74. The minimum absolute atomic E-state index is 0.100. The zero-order chi connectivity index (χ0) is 13.1. The van der Waals surface area contributed by atoms with Crippen molar-refractivity contribution in [3.8, 4) is 0 Å². The van der Waals surface area contributed by atoms with Crippen LogP contribution in [-0.2, 0) is 9.59 Å². The fourth-order valence-electron chi connectivity index (χ4n) is 2.34. The van der Waals surface area contributed by atoms with E-state index in [1.807, 2.05) is 24.4 Å². The van der Waals surface area contributed by atoms with E-state index in [2.05, 4.69) is 0 Å². The number of piperidine rings is 1. The molecule has 2 heterocycles. The van der Waals surface area contributed by atoms with Gasteiger partial charge in [0.05, 0.1) is 11.8 Å². The number of nitrogens with zero attached hydrogens (tertiary/aromatic N) is 1. The van der Waals surface area contributed by atoms with Crippen molar-refractivity contribution >= 4 is 23.2 Å². The summed E-state index contributed by atoms with van der Waals surface area (Å²) in [6, 6.07) is 3.93. The van der Waals surface area contributed by atoms with Gasteiger partial charge in [-0.3, -0.25) is 9.59 Å². The van der Waals surface area contributed by atoms with Crippen LogP contribution < -0.4 is 5.73 Å². The topological polar surface area (TPSA) is 63.4 Å². The quantitative estimate of drug-likeness (QED) is 0.902. The molecule has 0 aliphatic carbocycles. The highest BCUT2D eigenvalue weighted by Gasteiger charge is 2.29. The Hall–Kier alpha value is -1.36. The van der Waals surface area contributed by atoms with Crippen molar-refractivity contribution in [2.75, 3.05) is 13.1 Å². The first kappa shape index (κ1) is 13.1. The predicted octanol–water partition coefficient (Wildman–Crippen LogP) is 1.58. The maximum absolute atomic E-state index is 12.3. The zero-order valence-electron chi connectivity index (χ0n) is 10.5. The molecule has 0 unspecified atom stereocenters. The summed E-state index contributed by atoms with van der Waals surface area (Å²) in [4.78, 5) is 26.4. The van der Waals surface area contributed by atoms with Gasteiger partial charge in [-0.1, -0.05) is 6.07 Å². The van der Waals surface area contributed by atoms with Gasteiger partial charge >= 0.3 is 0 Å². The molecule has 0 radical (unpaired) electrons. The Bertz CT molecular complexity index is 430. The number of amides is 2. The summed E-state index contributed by atoms with van der Waals surface area (Å²) in [5, 5.41) is 1.97. The summed E-state index contributed by atoms with van der Waals surface area (Å²) < 4.78 is 0. The van der Waals surface area contributed by atoms with E-state index in [9.17, 15) is 9.59 Å². The van der Waals surface area contributed by atoms with Gasteiger partial charge in [-0.2, -0.15) is 0 Å². The van der Waals surface area contributed by atoms with Crippen LogP contribution in [0.25, 0.3) is 0 Å². The van der Waals surface area contributed by atoms with Crippen molar-refractivity contribution < 1.29 is 9.59 Å². The van der Waals surface area contributed by atoms with Crippen molar-refractivity contribution in [2.45, 2.75) is 25.7 Å². The molecular weight excluding hydrogens is 248 g/mol. The molecule has 1 fully saturated rings. The fraction of sp³-hybridized carbons (Fsp3) is 0.538. The van der Waals surface area contributed by atoms with Gasteiger partial charge in [-0.25, -0.2) is 0 Å². The van der Waals surface area contributed by atoms with Gasteiger partial charge in [0.2, 0.25) is 11.8 Å². The molecule has 2 atom stereocenters. The maximum Gasteiger partial charge on any atom is 0.230 e. The molecule has 0 bridgehead atoms. The first-order valence-electron chi connectivity index (χ1n) is 6.21. The van der Waals surface area contributed by atoms with Crippen molar-refractivity contribution in [1.82, 2.24) is 4.90 Å². The lowest BCUT2D eigenvalue weighted by molar-refractivity contribution is -0.135. The maximum atomic E-state index is 12.3. The lowest BCUT2D eigenvalue weighted by Gasteiger charge is -2.32. The average Bonchev–Trinajstić information content (AvgIpc) is 2.91. The van der Waals surface area contributed by atoms with Gasteiger partial charge < -0.3 is 10.6 Å². The molecule has 2 N–H and O–H groups in total. The summed E-state index contributed by atoms with van der Waals surface area (Å²) in [5.74, 6) is -0.505. The Morgan fingerprint density at radius 3 is 2.94 bits per heavy atom. The SMILES string of the molecule is C[C@@H](C(=O)N1CCC[C@H](C(N)=O)C1)c1cccs1. The molecule has 5 heteroatoms. The van der Waals surface area contributed by atoms with E-state index in [1.54, 1.807) is 16.2 Å². The van der Waals surface area contributed by atoms with Gasteiger partial charge in [0.1, 0.15) is 0 Å². The molecule has 0 aromatic carbocycles. The molecule has 2 rings (SSSR count). The highest BCUT2D eigenvalue weighted by Crippen LogP contribution is 2.25. The van der Waals surface area contributed by atoms with Crippen LogP contribution in [0.1, 0.15) is 30.6 Å². The molecule has 98 valence electrons. The average molecular weight is 266 g/mol. The smallest absolute Gasteiger partial charge is 0.230 e. The van der Waals surface area contributed by atoms with Gasteiger partial charge in [-0.05, 0) is 31.2 Å². The van der Waals surface area contributed by atoms with E-state index >= 15 is 0 Å².